The van der Waals surface area contributed by atoms with Crippen LogP contribution in [0.25, 0.3) is 0 Å². The maximum atomic E-state index is 13.9. The molecule has 0 bridgehead atoms. The second-order valence-electron chi connectivity index (χ2n) is 5.70. The molecule has 7 nitrogen and oxygen atoms in total. The van der Waals surface area contributed by atoms with Crippen LogP contribution in [0.2, 0.25) is 10.0 Å². The van der Waals surface area contributed by atoms with Crippen molar-refractivity contribution in [2.75, 3.05) is 12.5 Å². The molecule has 0 unspecified atom stereocenters. The largest absolute Gasteiger partial charge is 0.493 e. The Labute approximate surface area is 175 Å². The molecule has 150 valence electrons. The number of nitrogens with zero attached hydrogens (tertiary/aromatic N) is 2. The maximum Gasteiger partial charge on any atom is 0.285 e. The van der Waals surface area contributed by atoms with Gasteiger partial charge in [-0.15, -0.1) is 0 Å². The van der Waals surface area contributed by atoms with E-state index in [0.29, 0.717) is 17.1 Å². The van der Waals surface area contributed by atoms with E-state index < -0.39 is 11.4 Å². The van der Waals surface area contributed by atoms with E-state index >= 15 is 0 Å². The molecule has 3 aromatic rings. The number of hydrazone groups is 1. The minimum atomic E-state index is -0.523. The summed E-state index contributed by atoms with van der Waals surface area (Å²) in [5, 5.41) is 10.1. The Hall–Kier alpha value is -3.10. The highest BCUT2D eigenvalue weighted by atomic mass is 35.5. The summed E-state index contributed by atoms with van der Waals surface area (Å²) in [6, 6.07) is 9.51. The van der Waals surface area contributed by atoms with Crippen LogP contribution in [-0.2, 0) is 6.61 Å². The SMILES string of the molecule is COc1cc(/C=N/Nc2cn[nH]c(=O)c2Cl)ccc1OCc1c(F)cccc1Cl. The van der Waals surface area contributed by atoms with Gasteiger partial charge in [0.05, 0.1) is 24.5 Å². The number of hydrogen-bond donors (Lipinski definition) is 2. The fourth-order valence-corrected chi connectivity index (χ4v) is 2.69. The van der Waals surface area contributed by atoms with Gasteiger partial charge in [-0.3, -0.25) is 10.2 Å². The molecule has 0 atom stereocenters. The Bertz CT molecular complexity index is 1080. The third-order valence-corrected chi connectivity index (χ3v) is 4.54. The topological polar surface area (TPSA) is 88.6 Å². The van der Waals surface area contributed by atoms with Gasteiger partial charge in [0.15, 0.2) is 11.5 Å². The van der Waals surface area contributed by atoms with Crippen LogP contribution in [0.4, 0.5) is 10.1 Å². The van der Waals surface area contributed by atoms with Crippen molar-refractivity contribution in [2.24, 2.45) is 5.10 Å². The highest BCUT2D eigenvalue weighted by Gasteiger charge is 2.11. The van der Waals surface area contributed by atoms with E-state index in [0.717, 1.165) is 0 Å². The van der Waals surface area contributed by atoms with E-state index in [2.05, 4.69) is 20.7 Å². The van der Waals surface area contributed by atoms with Crippen molar-refractivity contribution in [3.8, 4) is 11.5 Å². The number of nitrogens with one attached hydrogen (secondary N) is 2. The zero-order chi connectivity index (χ0) is 20.8. The fourth-order valence-electron chi connectivity index (χ4n) is 2.34. The van der Waals surface area contributed by atoms with Crippen LogP contribution in [0.5, 0.6) is 11.5 Å². The zero-order valence-electron chi connectivity index (χ0n) is 15.1. The first kappa shape index (κ1) is 20.6. The van der Waals surface area contributed by atoms with Gasteiger partial charge < -0.3 is 9.47 Å². The molecule has 2 N–H and O–H groups in total. The van der Waals surface area contributed by atoms with Crippen LogP contribution < -0.4 is 20.5 Å². The Morgan fingerprint density at radius 3 is 2.86 bits per heavy atom. The van der Waals surface area contributed by atoms with Crippen molar-refractivity contribution >= 4 is 35.1 Å². The van der Waals surface area contributed by atoms with E-state index in [1.165, 1.54) is 31.7 Å². The second kappa shape index (κ2) is 9.40. The van der Waals surface area contributed by atoms with Crippen molar-refractivity contribution in [2.45, 2.75) is 6.61 Å². The van der Waals surface area contributed by atoms with Crippen LogP contribution in [-0.4, -0.2) is 23.5 Å². The summed E-state index contributed by atoms with van der Waals surface area (Å²) in [5.74, 6) is 0.398. The zero-order valence-corrected chi connectivity index (χ0v) is 16.6. The summed E-state index contributed by atoms with van der Waals surface area (Å²) in [4.78, 5) is 11.4. The maximum absolute atomic E-state index is 13.9. The molecule has 0 amide bonds. The quantitative estimate of drug-likeness (QED) is 0.426. The third kappa shape index (κ3) is 5.04. The lowest BCUT2D eigenvalue weighted by Crippen LogP contribution is -2.10. The molecule has 0 fully saturated rings. The number of H-pyrrole nitrogens is 1. The van der Waals surface area contributed by atoms with Gasteiger partial charge in [0.2, 0.25) is 0 Å². The van der Waals surface area contributed by atoms with Gasteiger partial charge in [-0.25, -0.2) is 9.49 Å². The number of rotatable bonds is 7. The molecule has 1 aromatic heterocycles. The molecule has 0 saturated heterocycles. The van der Waals surface area contributed by atoms with Crippen molar-refractivity contribution in [3.05, 3.63) is 79.9 Å². The molecule has 10 heteroatoms. The summed E-state index contributed by atoms with van der Waals surface area (Å²) in [7, 11) is 1.49. The van der Waals surface area contributed by atoms with Crippen LogP contribution in [0.3, 0.4) is 0 Å². The standard InChI is InChI=1S/C19H15Cl2FN4O3/c1-28-17-7-11(8-23-25-15-9-24-26-19(27)18(15)21)5-6-16(17)29-10-12-13(20)3-2-4-14(12)22/h2-9H,10H2,1H3,(H2,25,26,27)/b23-8+. The van der Waals surface area contributed by atoms with E-state index in [9.17, 15) is 9.18 Å². The minimum absolute atomic E-state index is 0.0507. The monoisotopic (exact) mass is 436 g/mol. The predicted octanol–water partition coefficient (Wildman–Crippen LogP) is 4.25. The van der Waals surface area contributed by atoms with Crippen molar-refractivity contribution in [3.63, 3.8) is 0 Å². The molecule has 2 aromatic carbocycles. The Balaban J connectivity index is 1.71. The number of ether oxygens (including phenoxy) is 2. The smallest absolute Gasteiger partial charge is 0.285 e. The van der Waals surface area contributed by atoms with Gasteiger partial charge in [-0.05, 0) is 35.9 Å². The summed E-state index contributed by atoms with van der Waals surface area (Å²) in [6.45, 7) is -0.0507. The Morgan fingerprint density at radius 1 is 1.28 bits per heavy atom. The Kier molecular flexibility index (Phi) is 6.69. The summed E-state index contributed by atoms with van der Waals surface area (Å²) < 4.78 is 24.9. The fraction of sp³-hybridized carbons (Fsp3) is 0.105. The van der Waals surface area contributed by atoms with Crippen molar-refractivity contribution < 1.29 is 13.9 Å². The molecule has 1 heterocycles. The highest BCUT2D eigenvalue weighted by Crippen LogP contribution is 2.29. The van der Waals surface area contributed by atoms with E-state index in [-0.39, 0.29) is 27.9 Å². The van der Waals surface area contributed by atoms with Crippen molar-refractivity contribution in [1.29, 1.82) is 0 Å². The van der Waals surface area contributed by atoms with Gasteiger partial charge >= 0.3 is 0 Å². The lowest BCUT2D eigenvalue weighted by Gasteiger charge is -2.12. The van der Waals surface area contributed by atoms with Gasteiger partial charge in [0.25, 0.3) is 5.56 Å². The average molecular weight is 437 g/mol. The Morgan fingerprint density at radius 2 is 2.10 bits per heavy atom. The van der Waals surface area contributed by atoms with Gasteiger partial charge in [0, 0.05) is 5.56 Å². The first-order valence-corrected chi connectivity index (χ1v) is 9.01. The van der Waals surface area contributed by atoms with Crippen LogP contribution in [0.15, 0.2) is 52.5 Å². The number of methoxy groups -OCH3 is 1. The predicted molar refractivity (Wildman–Crippen MR) is 110 cm³/mol. The molecule has 0 saturated carbocycles. The minimum Gasteiger partial charge on any atom is -0.493 e. The van der Waals surface area contributed by atoms with Crippen LogP contribution >= 0.6 is 23.2 Å². The number of hydrogen-bond acceptors (Lipinski definition) is 6. The highest BCUT2D eigenvalue weighted by molar-refractivity contribution is 6.33. The molecular formula is C19H15Cl2FN4O3. The van der Waals surface area contributed by atoms with E-state index in [1.807, 2.05) is 0 Å². The second-order valence-corrected chi connectivity index (χ2v) is 6.48. The molecule has 0 aliphatic rings. The third-order valence-electron chi connectivity index (χ3n) is 3.82. The first-order valence-electron chi connectivity index (χ1n) is 8.25. The summed E-state index contributed by atoms with van der Waals surface area (Å²) in [5.41, 5.74) is 3.32. The molecule has 0 aliphatic carbocycles. The molecule has 3 rings (SSSR count). The summed E-state index contributed by atoms with van der Waals surface area (Å²) in [6.07, 6.45) is 2.84. The number of aromatic amines is 1. The normalized spacial score (nSPS) is 10.9. The van der Waals surface area contributed by atoms with E-state index in [1.54, 1.807) is 24.3 Å². The van der Waals surface area contributed by atoms with E-state index in [4.69, 9.17) is 32.7 Å². The first-order chi connectivity index (χ1) is 14.0. The molecule has 29 heavy (non-hydrogen) atoms. The van der Waals surface area contributed by atoms with Gasteiger partial charge in [-0.2, -0.15) is 10.2 Å². The number of aromatic nitrogens is 2. The number of benzene rings is 2. The van der Waals surface area contributed by atoms with Crippen molar-refractivity contribution in [1.82, 2.24) is 10.2 Å². The molecular weight excluding hydrogens is 422 g/mol. The number of anilines is 1. The summed E-state index contributed by atoms with van der Waals surface area (Å²) >= 11 is 11.9. The molecule has 0 spiro atoms. The average Bonchev–Trinajstić information content (AvgIpc) is 2.71. The van der Waals surface area contributed by atoms with Gasteiger partial charge in [0.1, 0.15) is 23.1 Å². The number of halogens is 3. The van der Waals surface area contributed by atoms with Crippen LogP contribution in [0, 0.1) is 5.82 Å². The lowest BCUT2D eigenvalue weighted by atomic mass is 10.2. The lowest BCUT2D eigenvalue weighted by molar-refractivity contribution is 0.280. The molecule has 0 aliphatic heterocycles. The molecule has 0 radical (unpaired) electrons. The van der Waals surface area contributed by atoms with Crippen LogP contribution in [0.1, 0.15) is 11.1 Å². The van der Waals surface area contributed by atoms with Gasteiger partial charge in [-0.1, -0.05) is 29.3 Å².